The lowest BCUT2D eigenvalue weighted by Crippen LogP contribution is -2.48. The molecule has 1 aromatic rings. The summed E-state index contributed by atoms with van der Waals surface area (Å²) in [5, 5.41) is 8.95. The van der Waals surface area contributed by atoms with Crippen LogP contribution in [0.3, 0.4) is 0 Å². The molecule has 0 bridgehead atoms. The molecule has 1 aliphatic carbocycles. The molecule has 3 N–H and O–H groups in total. The summed E-state index contributed by atoms with van der Waals surface area (Å²) in [5.74, 6) is -0.536. The number of nitrogens with one attached hydrogen (secondary N) is 3. The first kappa shape index (κ1) is 20.7. The normalized spacial score (nSPS) is 25.4. The number of carbonyl (C=O) groups excluding carboxylic acids is 3. The van der Waals surface area contributed by atoms with Crippen molar-refractivity contribution < 1.29 is 14.4 Å². The van der Waals surface area contributed by atoms with Crippen LogP contribution >= 0.6 is 0 Å². The van der Waals surface area contributed by atoms with Gasteiger partial charge in [-0.1, -0.05) is 12.8 Å². The lowest BCUT2D eigenvalue weighted by molar-refractivity contribution is -0.136. The molecule has 2 amide bonds. The van der Waals surface area contributed by atoms with E-state index in [1.54, 1.807) is 23.1 Å². The number of carbonyl (C=O) groups is 3. The molecule has 1 atom stereocenters. The molecule has 3 heterocycles. The van der Waals surface area contributed by atoms with Crippen LogP contribution in [0.4, 0.5) is 11.4 Å². The van der Waals surface area contributed by atoms with Gasteiger partial charge in [0.2, 0.25) is 11.9 Å². The molecule has 0 aromatic heterocycles. The zero-order valence-electron chi connectivity index (χ0n) is 18.6. The first-order valence-electron chi connectivity index (χ1n) is 11.1. The number of guanidine groups is 1. The highest BCUT2D eigenvalue weighted by Gasteiger charge is 2.45. The zero-order chi connectivity index (χ0) is 22.6. The molecular formula is C23H28N6O3. The molecule has 1 aromatic carbocycles. The van der Waals surface area contributed by atoms with E-state index in [9.17, 15) is 14.4 Å². The van der Waals surface area contributed by atoms with Crippen molar-refractivity contribution in [1.82, 2.24) is 15.1 Å². The van der Waals surface area contributed by atoms with E-state index in [2.05, 4.69) is 20.9 Å². The standard InChI is InChI=1S/C23H28N6O3/c1-23(2)12-29(14-6-4-5-7-14)19-17(28(3)21(23)32)11-24-22(27-19)25-13-8-9-16-15(10-13)18(30)20(31)26-16/h8-11,14,19H,4-7,12H2,1-3H3,(H2,24,25,27)(H,26,30,31). The van der Waals surface area contributed by atoms with Gasteiger partial charge in [0.05, 0.1) is 22.4 Å². The fraction of sp³-hybridized carbons (Fsp3) is 0.478. The third-order valence-electron chi connectivity index (χ3n) is 6.81. The predicted molar refractivity (Wildman–Crippen MR) is 121 cm³/mol. The predicted octanol–water partition coefficient (Wildman–Crippen LogP) is 2.10. The molecule has 1 saturated heterocycles. The fourth-order valence-electron chi connectivity index (χ4n) is 5.13. The van der Waals surface area contributed by atoms with Crippen LogP contribution in [0.5, 0.6) is 0 Å². The van der Waals surface area contributed by atoms with Crippen molar-refractivity contribution >= 4 is 34.9 Å². The van der Waals surface area contributed by atoms with Gasteiger partial charge < -0.3 is 20.9 Å². The Morgan fingerprint density at radius 2 is 1.91 bits per heavy atom. The number of rotatable bonds is 2. The van der Waals surface area contributed by atoms with Crippen LogP contribution in [0, 0.1) is 5.41 Å². The van der Waals surface area contributed by atoms with Crippen LogP contribution in [-0.2, 0) is 9.59 Å². The molecule has 9 heteroatoms. The highest BCUT2D eigenvalue weighted by molar-refractivity contribution is 6.51. The van der Waals surface area contributed by atoms with Crippen molar-refractivity contribution in [1.29, 1.82) is 0 Å². The van der Waals surface area contributed by atoms with E-state index in [0.717, 1.165) is 18.5 Å². The lowest BCUT2D eigenvalue weighted by Gasteiger charge is -2.37. The molecule has 0 spiro atoms. The summed E-state index contributed by atoms with van der Waals surface area (Å²) in [6.45, 7) is 4.64. The largest absolute Gasteiger partial charge is 0.331 e. The third kappa shape index (κ3) is 3.37. The Hall–Kier alpha value is -3.20. The maximum absolute atomic E-state index is 13.1. The minimum Gasteiger partial charge on any atom is -0.331 e. The van der Waals surface area contributed by atoms with Crippen molar-refractivity contribution in [3.63, 3.8) is 0 Å². The third-order valence-corrected chi connectivity index (χ3v) is 6.81. The quantitative estimate of drug-likeness (QED) is 0.613. The van der Waals surface area contributed by atoms with E-state index in [0.29, 0.717) is 35.5 Å². The monoisotopic (exact) mass is 436 g/mol. The Balaban J connectivity index is 1.46. The SMILES string of the molecule is CN1C(=O)C(C)(C)CN(C2CCCC2)C2N=C(Nc3ccc4c(c3)C(=O)C(=O)N4)NC=C21. The Morgan fingerprint density at radius 3 is 2.66 bits per heavy atom. The molecule has 5 rings (SSSR count). The van der Waals surface area contributed by atoms with Gasteiger partial charge in [-0.15, -0.1) is 0 Å². The number of anilines is 2. The Bertz CT molecular complexity index is 1070. The van der Waals surface area contributed by atoms with Crippen LogP contribution in [-0.4, -0.2) is 59.2 Å². The van der Waals surface area contributed by atoms with Gasteiger partial charge in [0.1, 0.15) is 6.17 Å². The Morgan fingerprint density at radius 1 is 1.16 bits per heavy atom. The van der Waals surface area contributed by atoms with Gasteiger partial charge in [-0.25, -0.2) is 4.99 Å². The van der Waals surface area contributed by atoms with Crippen molar-refractivity contribution in [2.24, 2.45) is 10.4 Å². The van der Waals surface area contributed by atoms with Gasteiger partial charge in [0.15, 0.2) is 0 Å². The first-order valence-corrected chi connectivity index (χ1v) is 11.1. The number of fused-ring (bicyclic) bond motifs is 2. The van der Waals surface area contributed by atoms with E-state index >= 15 is 0 Å². The van der Waals surface area contributed by atoms with Crippen LogP contribution in [0.2, 0.25) is 0 Å². The number of hydrogen-bond acceptors (Lipinski definition) is 7. The second-order valence-electron chi connectivity index (χ2n) is 9.59. The Labute approximate surface area is 186 Å². The number of nitrogens with zero attached hydrogens (tertiary/aromatic N) is 3. The van der Waals surface area contributed by atoms with E-state index in [1.807, 2.05) is 27.1 Å². The number of Topliss-reactive ketones (excluding diaryl/α,β-unsaturated/α-hetero) is 1. The van der Waals surface area contributed by atoms with Crippen LogP contribution in [0.15, 0.2) is 35.1 Å². The second kappa shape index (κ2) is 7.44. The van der Waals surface area contributed by atoms with Gasteiger partial charge >= 0.3 is 0 Å². The van der Waals surface area contributed by atoms with Crippen molar-refractivity contribution in [2.45, 2.75) is 51.7 Å². The van der Waals surface area contributed by atoms with Crippen molar-refractivity contribution in [3.05, 3.63) is 35.7 Å². The van der Waals surface area contributed by atoms with E-state index in [4.69, 9.17) is 4.99 Å². The highest BCUT2D eigenvalue weighted by Crippen LogP contribution is 2.37. The highest BCUT2D eigenvalue weighted by atomic mass is 16.2. The van der Waals surface area contributed by atoms with E-state index in [1.165, 1.54) is 12.8 Å². The van der Waals surface area contributed by atoms with Crippen molar-refractivity contribution in [2.75, 3.05) is 24.2 Å². The summed E-state index contributed by atoms with van der Waals surface area (Å²) in [6, 6.07) is 5.54. The molecule has 1 saturated carbocycles. The second-order valence-corrected chi connectivity index (χ2v) is 9.59. The summed E-state index contributed by atoms with van der Waals surface area (Å²) in [7, 11) is 1.81. The summed E-state index contributed by atoms with van der Waals surface area (Å²) < 4.78 is 0. The maximum Gasteiger partial charge on any atom is 0.296 e. The summed E-state index contributed by atoms with van der Waals surface area (Å²) in [6.07, 6.45) is 6.16. The molecule has 4 aliphatic rings. The Kier molecular flexibility index (Phi) is 4.81. The summed E-state index contributed by atoms with van der Waals surface area (Å²) >= 11 is 0. The van der Waals surface area contributed by atoms with Gasteiger partial charge in [-0.05, 0) is 44.9 Å². The topological polar surface area (TPSA) is 106 Å². The van der Waals surface area contributed by atoms with E-state index in [-0.39, 0.29) is 12.1 Å². The molecule has 0 radical (unpaired) electrons. The minimum absolute atomic E-state index is 0.0805. The first-order chi connectivity index (χ1) is 15.2. The number of amides is 2. The fourth-order valence-corrected chi connectivity index (χ4v) is 5.13. The molecule has 3 aliphatic heterocycles. The van der Waals surface area contributed by atoms with E-state index < -0.39 is 17.1 Å². The summed E-state index contributed by atoms with van der Waals surface area (Å²) in [4.78, 5) is 45.8. The number of ketones is 1. The van der Waals surface area contributed by atoms with Crippen molar-refractivity contribution in [3.8, 4) is 0 Å². The maximum atomic E-state index is 13.1. The number of benzene rings is 1. The number of aliphatic imine (C=N–C) groups is 1. The van der Waals surface area contributed by atoms with Crippen LogP contribution < -0.4 is 16.0 Å². The van der Waals surface area contributed by atoms with Gasteiger partial charge in [0, 0.05) is 31.5 Å². The smallest absolute Gasteiger partial charge is 0.296 e. The lowest BCUT2D eigenvalue weighted by atomic mass is 9.91. The van der Waals surface area contributed by atoms with Gasteiger partial charge in [-0.2, -0.15) is 0 Å². The minimum atomic E-state index is -0.612. The number of likely N-dealkylation sites (N-methyl/N-ethyl adjacent to an activating group) is 1. The van der Waals surface area contributed by atoms with Crippen LogP contribution in [0.1, 0.15) is 49.9 Å². The molecule has 168 valence electrons. The summed E-state index contributed by atoms with van der Waals surface area (Å²) in [5.41, 5.74) is 1.84. The van der Waals surface area contributed by atoms with Gasteiger partial charge in [-0.3, -0.25) is 19.3 Å². The molecule has 32 heavy (non-hydrogen) atoms. The average Bonchev–Trinajstić information content (AvgIpc) is 3.38. The van der Waals surface area contributed by atoms with Crippen LogP contribution in [0.25, 0.3) is 0 Å². The number of hydrogen-bond donors (Lipinski definition) is 3. The van der Waals surface area contributed by atoms with Gasteiger partial charge in [0.25, 0.3) is 11.7 Å². The molecular weight excluding hydrogens is 408 g/mol. The molecule has 2 fully saturated rings. The molecule has 1 unspecified atom stereocenters. The zero-order valence-corrected chi connectivity index (χ0v) is 18.6. The average molecular weight is 437 g/mol. The molecule has 9 nitrogen and oxygen atoms in total.